The minimum Gasteiger partial charge on any atom is -0.462 e. The maximum Gasteiger partial charge on any atom is 0.339 e. The Kier molecular flexibility index (Phi) is 7.96. The van der Waals surface area contributed by atoms with Gasteiger partial charge in [0.15, 0.2) is 0 Å². The van der Waals surface area contributed by atoms with Crippen LogP contribution in [0, 0.1) is 23.7 Å². The van der Waals surface area contributed by atoms with Gasteiger partial charge in [0.05, 0.1) is 24.3 Å². The molecule has 0 heterocycles. The van der Waals surface area contributed by atoms with Crippen LogP contribution in [-0.4, -0.2) is 25.2 Å². The van der Waals surface area contributed by atoms with Gasteiger partial charge < -0.3 is 9.47 Å². The topological polar surface area (TPSA) is 52.6 Å². The Hall–Kier alpha value is -1.84. The second-order valence-electron chi connectivity index (χ2n) is 7.19. The summed E-state index contributed by atoms with van der Waals surface area (Å²) in [6.07, 6.45) is 0. The van der Waals surface area contributed by atoms with Crippen molar-refractivity contribution >= 4 is 11.9 Å². The molecule has 0 N–H and O–H groups in total. The van der Waals surface area contributed by atoms with Gasteiger partial charge in [0, 0.05) is 0 Å². The third-order valence-corrected chi connectivity index (χ3v) is 4.60. The first kappa shape index (κ1) is 20.2. The summed E-state index contributed by atoms with van der Waals surface area (Å²) in [4.78, 5) is 24.6. The van der Waals surface area contributed by atoms with Crippen molar-refractivity contribution < 1.29 is 19.1 Å². The monoisotopic (exact) mass is 334 g/mol. The lowest BCUT2D eigenvalue weighted by molar-refractivity contribution is 0.0373. The molecule has 0 aromatic heterocycles. The highest BCUT2D eigenvalue weighted by Gasteiger charge is 2.21. The van der Waals surface area contributed by atoms with Crippen LogP contribution in [0.1, 0.15) is 62.3 Å². The molecule has 0 fully saturated rings. The van der Waals surface area contributed by atoms with Gasteiger partial charge in [-0.1, -0.05) is 53.7 Å². The fourth-order valence-corrected chi connectivity index (χ4v) is 1.79. The van der Waals surface area contributed by atoms with Gasteiger partial charge in [-0.3, -0.25) is 0 Å². The van der Waals surface area contributed by atoms with Crippen molar-refractivity contribution in [3.05, 3.63) is 35.4 Å². The van der Waals surface area contributed by atoms with E-state index < -0.39 is 11.9 Å². The summed E-state index contributed by atoms with van der Waals surface area (Å²) in [7, 11) is 0. The molecule has 0 radical (unpaired) electrons. The van der Waals surface area contributed by atoms with Gasteiger partial charge in [-0.2, -0.15) is 0 Å². The number of carbonyl (C=O) groups excluding carboxylic acids is 2. The highest BCUT2D eigenvalue weighted by molar-refractivity contribution is 6.03. The molecule has 24 heavy (non-hydrogen) atoms. The summed E-state index contributed by atoms with van der Waals surface area (Å²) in [6, 6.07) is 6.64. The Morgan fingerprint density at radius 1 is 0.750 bits per heavy atom. The zero-order valence-corrected chi connectivity index (χ0v) is 15.7. The molecular formula is C20H30O4. The summed E-state index contributed by atoms with van der Waals surface area (Å²) in [5.41, 5.74) is 0.520. The van der Waals surface area contributed by atoms with E-state index in [4.69, 9.17) is 9.47 Å². The van der Waals surface area contributed by atoms with Crippen LogP contribution in [0.5, 0.6) is 0 Å². The number of ether oxygens (including phenoxy) is 2. The lowest BCUT2D eigenvalue weighted by Crippen LogP contribution is -2.20. The fraction of sp³-hybridized carbons (Fsp3) is 0.600. The van der Waals surface area contributed by atoms with Crippen LogP contribution in [0.4, 0.5) is 0 Å². The van der Waals surface area contributed by atoms with Crippen LogP contribution >= 0.6 is 0 Å². The first-order chi connectivity index (χ1) is 11.2. The Bertz CT molecular complexity index is 499. The molecule has 0 aliphatic heterocycles. The van der Waals surface area contributed by atoms with Crippen molar-refractivity contribution in [2.45, 2.75) is 41.5 Å². The van der Waals surface area contributed by atoms with E-state index in [1.807, 2.05) is 13.8 Å². The molecule has 0 aliphatic carbocycles. The van der Waals surface area contributed by atoms with Gasteiger partial charge >= 0.3 is 11.9 Å². The number of hydrogen-bond donors (Lipinski definition) is 0. The number of carbonyl (C=O) groups is 2. The molecular weight excluding hydrogens is 304 g/mol. The van der Waals surface area contributed by atoms with Crippen molar-refractivity contribution in [1.82, 2.24) is 0 Å². The summed E-state index contributed by atoms with van der Waals surface area (Å²) in [5, 5.41) is 0. The molecule has 0 saturated heterocycles. The minimum absolute atomic E-state index is 0.260. The van der Waals surface area contributed by atoms with Crippen molar-refractivity contribution in [1.29, 1.82) is 0 Å². The summed E-state index contributed by atoms with van der Waals surface area (Å²) in [6.45, 7) is 13.1. The predicted octanol–water partition coefficient (Wildman–Crippen LogP) is 4.58. The largest absolute Gasteiger partial charge is 0.462 e. The molecule has 0 aliphatic rings. The third-order valence-electron chi connectivity index (χ3n) is 4.60. The van der Waals surface area contributed by atoms with E-state index >= 15 is 0 Å². The second-order valence-corrected chi connectivity index (χ2v) is 7.19. The molecule has 1 aromatic rings. The third kappa shape index (κ3) is 5.99. The maximum absolute atomic E-state index is 12.3. The van der Waals surface area contributed by atoms with Gasteiger partial charge in [0.25, 0.3) is 0 Å². The van der Waals surface area contributed by atoms with E-state index in [9.17, 15) is 9.59 Å². The standard InChI is InChI=1S/C20H30O4/c1-13(2)15(5)11-23-19(21)17-9-7-8-10-18(17)20(22)24-12-16(6)14(3)4/h7-10,13-16H,11-12H2,1-6H3. The van der Waals surface area contributed by atoms with Crippen molar-refractivity contribution in [2.75, 3.05) is 13.2 Å². The van der Waals surface area contributed by atoms with E-state index in [1.54, 1.807) is 24.3 Å². The lowest BCUT2D eigenvalue weighted by Gasteiger charge is -2.17. The molecule has 1 rings (SSSR count). The van der Waals surface area contributed by atoms with Gasteiger partial charge in [0.1, 0.15) is 0 Å². The zero-order chi connectivity index (χ0) is 18.3. The van der Waals surface area contributed by atoms with Crippen LogP contribution in [0.25, 0.3) is 0 Å². The predicted molar refractivity (Wildman–Crippen MR) is 95.0 cm³/mol. The molecule has 4 nitrogen and oxygen atoms in total. The highest BCUT2D eigenvalue weighted by Crippen LogP contribution is 2.16. The van der Waals surface area contributed by atoms with Crippen molar-refractivity contribution in [3.63, 3.8) is 0 Å². The van der Waals surface area contributed by atoms with Crippen LogP contribution in [0.3, 0.4) is 0 Å². The SMILES string of the molecule is CC(C)C(C)COC(=O)c1ccccc1C(=O)OCC(C)C(C)C. The Morgan fingerprint density at radius 3 is 1.38 bits per heavy atom. The van der Waals surface area contributed by atoms with Gasteiger partial charge in [-0.25, -0.2) is 9.59 Å². The number of rotatable bonds is 8. The average molecular weight is 334 g/mol. The summed E-state index contributed by atoms with van der Waals surface area (Å²) in [5.74, 6) is 0.421. The fourth-order valence-electron chi connectivity index (χ4n) is 1.79. The number of benzene rings is 1. The van der Waals surface area contributed by atoms with E-state index in [0.29, 0.717) is 25.0 Å². The first-order valence-electron chi connectivity index (χ1n) is 8.67. The highest BCUT2D eigenvalue weighted by atomic mass is 16.5. The average Bonchev–Trinajstić information content (AvgIpc) is 2.56. The Labute approximate surface area is 145 Å². The van der Waals surface area contributed by atoms with E-state index in [0.717, 1.165) is 0 Å². The molecule has 0 amide bonds. The van der Waals surface area contributed by atoms with Gasteiger partial charge in [0.2, 0.25) is 0 Å². The van der Waals surface area contributed by atoms with Crippen molar-refractivity contribution in [2.24, 2.45) is 23.7 Å². The second kappa shape index (κ2) is 9.45. The van der Waals surface area contributed by atoms with E-state index in [-0.39, 0.29) is 23.0 Å². The molecule has 0 spiro atoms. The zero-order valence-electron chi connectivity index (χ0n) is 15.7. The smallest absolute Gasteiger partial charge is 0.339 e. The molecule has 2 atom stereocenters. The number of hydrogen-bond acceptors (Lipinski definition) is 4. The van der Waals surface area contributed by atoms with Gasteiger partial charge in [-0.15, -0.1) is 0 Å². The molecule has 134 valence electrons. The van der Waals surface area contributed by atoms with Crippen LogP contribution < -0.4 is 0 Å². The molecule has 0 saturated carbocycles. The van der Waals surface area contributed by atoms with Crippen molar-refractivity contribution in [3.8, 4) is 0 Å². The van der Waals surface area contributed by atoms with Gasteiger partial charge in [-0.05, 0) is 35.8 Å². The minimum atomic E-state index is -0.480. The van der Waals surface area contributed by atoms with Crippen LogP contribution in [0.15, 0.2) is 24.3 Å². The maximum atomic E-state index is 12.3. The molecule has 1 aromatic carbocycles. The quantitative estimate of drug-likeness (QED) is 0.653. The lowest BCUT2D eigenvalue weighted by atomic mass is 9.99. The Balaban J connectivity index is 2.76. The molecule has 2 unspecified atom stereocenters. The molecule has 4 heteroatoms. The van der Waals surface area contributed by atoms with E-state index in [2.05, 4.69) is 27.7 Å². The van der Waals surface area contributed by atoms with E-state index in [1.165, 1.54) is 0 Å². The summed E-state index contributed by atoms with van der Waals surface area (Å²) < 4.78 is 10.7. The van der Waals surface area contributed by atoms with Crippen LogP contribution in [-0.2, 0) is 9.47 Å². The Morgan fingerprint density at radius 2 is 1.08 bits per heavy atom. The van der Waals surface area contributed by atoms with Crippen LogP contribution in [0.2, 0.25) is 0 Å². The molecule has 0 bridgehead atoms. The number of esters is 2. The summed E-state index contributed by atoms with van der Waals surface area (Å²) >= 11 is 0. The first-order valence-corrected chi connectivity index (χ1v) is 8.67. The normalized spacial score (nSPS) is 13.7.